The molecule has 5 rings (SSSR count). The van der Waals surface area contributed by atoms with E-state index in [1.807, 2.05) is 13.0 Å². The van der Waals surface area contributed by atoms with Crippen molar-refractivity contribution in [2.24, 2.45) is 0 Å². The van der Waals surface area contributed by atoms with Gasteiger partial charge in [-0.15, -0.1) is 0 Å². The van der Waals surface area contributed by atoms with E-state index < -0.39 is 29.3 Å². The van der Waals surface area contributed by atoms with Crippen molar-refractivity contribution in [2.75, 3.05) is 32.8 Å². The van der Waals surface area contributed by atoms with Gasteiger partial charge in [0.25, 0.3) is 11.8 Å². The molecule has 3 aliphatic rings. The van der Waals surface area contributed by atoms with Crippen LogP contribution in [0.4, 0.5) is 8.78 Å². The Morgan fingerprint density at radius 1 is 1.08 bits per heavy atom. The van der Waals surface area contributed by atoms with Crippen molar-refractivity contribution in [2.45, 2.75) is 50.5 Å². The number of hydrogen-bond acceptors (Lipinski definition) is 5. The van der Waals surface area contributed by atoms with E-state index in [0.29, 0.717) is 24.8 Å². The van der Waals surface area contributed by atoms with Crippen molar-refractivity contribution >= 4 is 17.7 Å². The number of rotatable bonds is 5. The Hall–Kier alpha value is -3.37. The van der Waals surface area contributed by atoms with E-state index in [4.69, 9.17) is 9.47 Å². The van der Waals surface area contributed by atoms with Crippen molar-refractivity contribution in [3.8, 4) is 0 Å². The Morgan fingerprint density at radius 3 is 2.55 bits per heavy atom. The van der Waals surface area contributed by atoms with Gasteiger partial charge in [0, 0.05) is 50.7 Å². The zero-order valence-corrected chi connectivity index (χ0v) is 21.3. The number of nitrogens with one attached hydrogen (secondary N) is 1. The number of carbonyl (C=O) groups is 3. The third-order valence-electron chi connectivity index (χ3n) is 7.57. The molecule has 2 atom stereocenters. The van der Waals surface area contributed by atoms with Gasteiger partial charge in [0.05, 0.1) is 18.3 Å². The topological polar surface area (TPSA) is 88.2 Å². The average Bonchev–Trinajstić information content (AvgIpc) is 3.55. The third-order valence-corrected chi connectivity index (χ3v) is 7.57. The summed E-state index contributed by atoms with van der Waals surface area (Å²) in [5.41, 5.74) is 0.0451. The van der Waals surface area contributed by atoms with Crippen LogP contribution < -0.4 is 5.32 Å². The lowest BCUT2D eigenvalue weighted by atomic mass is 9.95. The van der Waals surface area contributed by atoms with Crippen LogP contribution in [0.5, 0.6) is 0 Å². The van der Waals surface area contributed by atoms with Gasteiger partial charge in [0.15, 0.2) is 0 Å². The zero-order valence-electron chi connectivity index (χ0n) is 21.3. The predicted octanol–water partition coefficient (Wildman–Crippen LogP) is 3.04. The molecule has 2 aromatic rings. The standard InChI is InChI=1S/C28H31F2N3O5/c1-18-4-2-5-19(14-18)26(35)33-24(25(34)31-16-21-6-3-13-37-21)17-38-28(33)9-11-32(12-10-28)27(36)22-8-7-20(29)15-23(22)30/h2,4-5,7-8,14-15,21,24H,3,6,9-13,16-17H2,1H3,(H,31,34)/t21-,24+/m1/s1. The molecule has 202 valence electrons. The smallest absolute Gasteiger partial charge is 0.256 e. The molecule has 3 heterocycles. The van der Waals surface area contributed by atoms with Crippen LogP contribution >= 0.6 is 0 Å². The highest BCUT2D eigenvalue weighted by molar-refractivity contribution is 5.99. The summed E-state index contributed by atoms with van der Waals surface area (Å²) in [4.78, 5) is 43.1. The highest BCUT2D eigenvalue weighted by atomic mass is 19.1. The van der Waals surface area contributed by atoms with Crippen molar-refractivity contribution in [1.82, 2.24) is 15.1 Å². The van der Waals surface area contributed by atoms with Gasteiger partial charge in [-0.3, -0.25) is 19.3 Å². The first-order valence-electron chi connectivity index (χ1n) is 13.0. The number of aryl methyl sites for hydroxylation is 1. The number of nitrogens with zero attached hydrogens (tertiary/aromatic N) is 2. The van der Waals surface area contributed by atoms with Crippen LogP contribution in [0.1, 0.15) is 52.0 Å². The number of benzene rings is 2. The van der Waals surface area contributed by atoms with E-state index in [2.05, 4.69) is 5.32 Å². The highest BCUT2D eigenvalue weighted by Crippen LogP contribution is 2.39. The summed E-state index contributed by atoms with van der Waals surface area (Å²) in [7, 11) is 0. The number of piperidine rings is 1. The molecule has 0 saturated carbocycles. The van der Waals surface area contributed by atoms with Crippen LogP contribution in [0.15, 0.2) is 42.5 Å². The van der Waals surface area contributed by atoms with Gasteiger partial charge < -0.3 is 19.7 Å². The summed E-state index contributed by atoms with van der Waals surface area (Å²) >= 11 is 0. The van der Waals surface area contributed by atoms with Gasteiger partial charge in [0.2, 0.25) is 5.91 Å². The van der Waals surface area contributed by atoms with Crippen LogP contribution in [-0.4, -0.2) is 78.2 Å². The van der Waals surface area contributed by atoms with Crippen LogP contribution in [0.25, 0.3) is 0 Å². The fraction of sp³-hybridized carbons (Fsp3) is 0.464. The number of amides is 3. The number of hydrogen-bond donors (Lipinski definition) is 1. The Balaban J connectivity index is 1.35. The summed E-state index contributed by atoms with van der Waals surface area (Å²) in [5, 5.41) is 2.92. The maximum Gasteiger partial charge on any atom is 0.256 e. The van der Waals surface area contributed by atoms with E-state index in [9.17, 15) is 23.2 Å². The molecule has 0 aliphatic carbocycles. The second-order valence-electron chi connectivity index (χ2n) is 10.1. The second kappa shape index (κ2) is 10.8. The fourth-order valence-electron chi connectivity index (χ4n) is 5.51. The van der Waals surface area contributed by atoms with E-state index in [0.717, 1.165) is 30.5 Å². The molecule has 0 unspecified atom stereocenters. The van der Waals surface area contributed by atoms with E-state index >= 15 is 0 Å². The predicted molar refractivity (Wildman–Crippen MR) is 133 cm³/mol. The van der Waals surface area contributed by atoms with Gasteiger partial charge in [-0.1, -0.05) is 17.7 Å². The molecule has 1 N–H and O–H groups in total. The van der Waals surface area contributed by atoms with E-state index in [1.54, 1.807) is 18.2 Å². The second-order valence-corrected chi connectivity index (χ2v) is 10.1. The molecule has 1 spiro atoms. The maximum absolute atomic E-state index is 14.2. The summed E-state index contributed by atoms with van der Waals surface area (Å²) in [5.74, 6) is -2.88. The molecule has 2 aromatic carbocycles. The molecular formula is C28H31F2N3O5. The van der Waals surface area contributed by atoms with E-state index in [1.165, 1.54) is 9.80 Å². The Labute approximate surface area is 219 Å². The van der Waals surface area contributed by atoms with Gasteiger partial charge >= 0.3 is 0 Å². The minimum atomic E-state index is -1.09. The maximum atomic E-state index is 14.2. The summed E-state index contributed by atoms with van der Waals surface area (Å²) in [6, 6.07) is 9.16. The van der Waals surface area contributed by atoms with Crippen LogP contribution in [-0.2, 0) is 14.3 Å². The van der Waals surface area contributed by atoms with Gasteiger partial charge in [0.1, 0.15) is 23.4 Å². The molecule has 8 nitrogen and oxygen atoms in total. The first kappa shape index (κ1) is 26.2. The first-order chi connectivity index (χ1) is 18.3. The first-order valence-corrected chi connectivity index (χ1v) is 13.0. The van der Waals surface area contributed by atoms with Crippen molar-refractivity contribution in [3.05, 3.63) is 70.8 Å². The lowest BCUT2D eigenvalue weighted by Crippen LogP contribution is -2.60. The number of carbonyl (C=O) groups excluding carboxylic acids is 3. The molecule has 0 radical (unpaired) electrons. The minimum absolute atomic E-state index is 0.0233. The monoisotopic (exact) mass is 527 g/mol. The van der Waals surface area contributed by atoms with Crippen molar-refractivity contribution in [3.63, 3.8) is 0 Å². The highest BCUT2D eigenvalue weighted by Gasteiger charge is 2.54. The molecule has 0 aromatic heterocycles. The summed E-state index contributed by atoms with van der Waals surface area (Å²) in [6.45, 7) is 3.30. The number of likely N-dealkylation sites (tertiary alicyclic amines) is 1. The Kier molecular flexibility index (Phi) is 7.45. The molecule has 3 amide bonds. The number of ether oxygens (including phenoxy) is 2. The molecule has 10 heteroatoms. The SMILES string of the molecule is Cc1cccc(C(=O)N2[C@H](C(=O)NC[C@H]3CCCO3)COC23CCN(C(=O)c2ccc(F)cc2F)CC3)c1. The van der Waals surface area contributed by atoms with Crippen LogP contribution in [0, 0.1) is 18.6 Å². The number of halogens is 2. The summed E-state index contributed by atoms with van der Waals surface area (Å²) < 4.78 is 39.4. The Morgan fingerprint density at radius 2 is 1.87 bits per heavy atom. The normalized spacial score (nSPS) is 22.6. The quantitative estimate of drug-likeness (QED) is 0.646. The van der Waals surface area contributed by atoms with Crippen LogP contribution in [0.2, 0.25) is 0 Å². The average molecular weight is 528 g/mol. The van der Waals surface area contributed by atoms with Gasteiger partial charge in [-0.25, -0.2) is 8.78 Å². The van der Waals surface area contributed by atoms with Crippen molar-refractivity contribution < 1.29 is 32.6 Å². The fourth-order valence-corrected chi connectivity index (χ4v) is 5.51. The minimum Gasteiger partial charge on any atom is -0.376 e. The van der Waals surface area contributed by atoms with Crippen LogP contribution in [0.3, 0.4) is 0 Å². The van der Waals surface area contributed by atoms with Gasteiger partial charge in [-0.05, 0) is 44.0 Å². The van der Waals surface area contributed by atoms with Gasteiger partial charge in [-0.2, -0.15) is 0 Å². The molecule has 3 saturated heterocycles. The third kappa shape index (κ3) is 5.15. The molecule has 38 heavy (non-hydrogen) atoms. The lowest BCUT2D eigenvalue weighted by molar-refractivity contribution is -0.128. The lowest BCUT2D eigenvalue weighted by Gasteiger charge is -2.44. The largest absolute Gasteiger partial charge is 0.376 e. The molecule has 3 fully saturated rings. The molecular weight excluding hydrogens is 496 g/mol. The molecule has 0 bridgehead atoms. The Bertz CT molecular complexity index is 1220. The summed E-state index contributed by atoms with van der Waals surface area (Å²) in [6.07, 6.45) is 2.27. The van der Waals surface area contributed by atoms with Crippen molar-refractivity contribution in [1.29, 1.82) is 0 Å². The zero-order chi connectivity index (χ0) is 26.9. The van der Waals surface area contributed by atoms with E-state index in [-0.39, 0.29) is 56.0 Å². The molecule has 3 aliphatic heterocycles.